The number of hydrogen-bond donors (Lipinski definition) is 1. The lowest BCUT2D eigenvalue weighted by atomic mass is 10.1. The number of aromatic nitrogens is 1. The van der Waals surface area contributed by atoms with Crippen LogP contribution in [0.2, 0.25) is 0 Å². The number of carbonyl (C=O) groups excluding carboxylic acids is 1. The number of methoxy groups -OCH3 is 1. The number of nitrogens with zero attached hydrogens (tertiary/aromatic N) is 1. The minimum Gasteiger partial charge on any atom is -0.497 e. The van der Waals surface area contributed by atoms with Gasteiger partial charge in [-0.25, -0.2) is 4.98 Å². The number of carbonyl (C=O) groups is 1. The molecule has 0 atom stereocenters. The molecule has 0 spiro atoms. The number of rotatable bonds is 7. The van der Waals surface area contributed by atoms with Crippen LogP contribution >= 0.6 is 11.8 Å². The van der Waals surface area contributed by atoms with E-state index in [-0.39, 0.29) is 5.91 Å². The molecule has 1 amide bonds. The molecule has 6 heteroatoms. The van der Waals surface area contributed by atoms with Crippen LogP contribution in [-0.2, 0) is 0 Å². The molecule has 4 aromatic carbocycles. The van der Waals surface area contributed by atoms with Crippen molar-refractivity contribution in [3.63, 3.8) is 0 Å². The Morgan fingerprint density at radius 3 is 2.51 bits per heavy atom. The smallest absolute Gasteiger partial charge is 0.256 e. The van der Waals surface area contributed by atoms with Gasteiger partial charge in [0.1, 0.15) is 5.75 Å². The first-order valence-electron chi connectivity index (χ1n) is 11.0. The molecule has 0 bridgehead atoms. The Labute approximate surface area is 207 Å². The van der Waals surface area contributed by atoms with Gasteiger partial charge in [-0.3, -0.25) is 4.79 Å². The Balaban J connectivity index is 1.42. The molecule has 0 radical (unpaired) electrons. The summed E-state index contributed by atoms with van der Waals surface area (Å²) < 4.78 is 11.4. The van der Waals surface area contributed by atoms with Crippen LogP contribution in [-0.4, -0.2) is 18.0 Å². The summed E-state index contributed by atoms with van der Waals surface area (Å²) in [5.74, 6) is 1.47. The highest BCUT2D eigenvalue weighted by molar-refractivity contribution is 7.99. The van der Waals surface area contributed by atoms with Crippen LogP contribution in [0.1, 0.15) is 10.4 Å². The summed E-state index contributed by atoms with van der Waals surface area (Å²) in [6.45, 7) is 0. The zero-order valence-electron chi connectivity index (χ0n) is 19.0. The quantitative estimate of drug-likeness (QED) is 0.264. The summed E-state index contributed by atoms with van der Waals surface area (Å²) >= 11 is 1.60. The molecular formula is C29H22N2O3S. The molecule has 172 valence electrons. The largest absolute Gasteiger partial charge is 0.497 e. The lowest BCUT2D eigenvalue weighted by molar-refractivity contribution is 0.102. The van der Waals surface area contributed by atoms with E-state index in [1.807, 2.05) is 97.1 Å². The van der Waals surface area contributed by atoms with Crippen LogP contribution < -0.4 is 10.1 Å². The number of hydrogen-bond acceptors (Lipinski definition) is 5. The molecule has 0 saturated carbocycles. The Morgan fingerprint density at radius 2 is 1.66 bits per heavy atom. The van der Waals surface area contributed by atoms with Gasteiger partial charge in [0.25, 0.3) is 5.91 Å². The average molecular weight is 479 g/mol. The van der Waals surface area contributed by atoms with Gasteiger partial charge in [-0.2, -0.15) is 0 Å². The monoisotopic (exact) mass is 478 g/mol. The number of nitrogens with one attached hydrogen (secondary N) is 1. The second-order valence-electron chi connectivity index (χ2n) is 7.67. The summed E-state index contributed by atoms with van der Waals surface area (Å²) in [5.41, 5.74) is 2.68. The third-order valence-corrected chi connectivity index (χ3v) is 6.45. The summed E-state index contributed by atoms with van der Waals surface area (Å²) in [4.78, 5) is 19.9. The van der Waals surface area contributed by atoms with Crippen molar-refractivity contribution in [1.82, 2.24) is 4.98 Å². The van der Waals surface area contributed by atoms with Gasteiger partial charge < -0.3 is 14.5 Å². The van der Waals surface area contributed by atoms with E-state index in [0.717, 1.165) is 26.8 Å². The highest BCUT2D eigenvalue weighted by Gasteiger charge is 2.18. The van der Waals surface area contributed by atoms with E-state index >= 15 is 0 Å². The number of para-hydroxylation sites is 1. The molecule has 0 aliphatic rings. The van der Waals surface area contributed by atoms with E-state index in [2.05, 4.69) is 10.3 Å². The van der Waals surface area contributed by atoms with E-state index in [1.165, 1.54) is 0 Å². The molecule has 0 aliphatic heterocycles. The highest BCUT2D eigenvalue weighted by Crippen LogP contribution is 2.34. The molecule has 5 rings (SSSR count). The minimum atomic E-state index is -0.233. The van der Waals surface area contributed by atoms with Crippen molar-refractivity contribution in [2.45, 2.75) is 9.79 Å². The van der Waals surface area contributed by atoms with E-state index in [4.69, 9.17) is 9.15 Å². The fourth-order valence-electron chi connectivity index (χ4n) is 3.64. The van der Waals surface area contributed by atoms with E-state index in [0.29, 0.717) is 22.8 Å². The van der Waals surface area contributed by atoms with Crippen LogP contribution in [0.15, 0.2) is 124 Å². The van der Waals surface area contributed by atoms with Crippen molar-refractivity contribution in [3.8, 4) is 28.5 Å². The Bertz CT molecular complexity index is 1460. The van der Waals surface area contributed by atoms with Gasteiger partial charge in [0.2, 0.25) is 5.89 Å². The van der Waals surface area contributed by atoms with Crippen LogP contribution in [0.5, 0.6) is 5.75 Å². The zero-order chi connectivity index (χ0) is 24.0. The van der Waals surface area contributed by atoms with Crippen molar-refractivity contribution in [2.24, 2.45) is 0 Å². The van der Waals surface area contributed by atoms with Crippen LogP contribution in [0.4, 0.5) is 5.69 Å². The van der Waals surface area contributed by atoms with Crippen molar-refractivity contribution >= 4 is 23.4 Å². The fraction of sp³-hybridized carbons (Fsp3) is 0.0345. The third-order valence-electron chi connectivity index (χ3n) is 5.37. The van der Waals surface area contributed by atoms with E-state index in [9.17, 15) is 4.79 Å². The molecule has 0 fully saturated rings. The van der Waals surface area contributed by atoms with Gasteiger partial charge in [-0.05, 0) is 48.5 Å². The number of benzene rings is 4. The van der Waals surface area contributed by atoms with E-state index < -0.39 is 0 Å². The third kappa shape index (κ3) is 5.13. The van der Waals surface area contributed by atoms with Crippen LogP contribution in [0.3, 0.4) is 0 Å². The highest BCUT2D eigenvalue weighted by atomic mass is 32.2. The summed E-state index contributed by atoms with van der Waals surface area (Å²) in [6.07, 6.45) is 1.66. The maximum absolute atomic E-state index is 13.4. The predicted octanol–water partition coefficient (Wildman–Crippen LogP) is 7.42. The first-order chi connectivity index (χ1) is 17.2. The second kappa shape index (κ2) is 10.3. The van der Waals surface area contributed by atoms with Gasteiger partial charge in [0.15, 0.2) is 5.76 Å². The fourth-order valence-corrected chi connectivity index (χ4v) is 4.56. The normalized spacial score (nSPS) is 10.7. The van der Waals surface area contributed by atoms with Crippen LogP contribution in [0.25, 0.3) is 22.8 Å². The lowest BCUT2D eigenvalue weighted by Crippen LogP contribution is -2.13. The lowest BCUT2D eigenvalue weighted by Gasteiger charge is -2.12. The van der Waals surface area contributed by atoms with Crippen LogP contribution in [0, 0.1) is 0 Å². The van der Waals surface area contributed by atoms with Crippen molar-refractivity contribution in [1.29, 1.82) is 0 Å². The van der Waals surface area contributed by atoms with Gasteiger partial charge >= 0.3 is 0 Å². The summed E-state index contributed by atoms with van der Waals surface area (Å²) in [7, 11) is 1.62. The molecular weight excluding hydrogens is 456 g/mol. The van der Waals surface area contributed by atoms with Crippen molar-refractivity contribution in [3.05, 3.63) is 115 Å². The molecule has 0 saturated heterocycles. The molecule has 0 aliphatic carbocycles. The average Bonchev–Trinajstić information content (AvgIpc) is 3.41. The molecule has 5 aromatic rings. The second-order valence-corrected chi connectivity index (χ2v) is 8.79. The SMILES string of the molecule is COc1cccc(-c2cnc(-c3ccccc3C(=O)Nc3ccccc3Sc3ccccc3)o2)c1. The topological polar surface area (TPSA) is 64.4 Å². The van der Waals surface area contributed by atoms with E-state index in [1.54, 1.807) is 31.1 Å². The molecule has 1 heterocycles. The number of amides is 1. The molecule has 5 nitrogen and oxygen atoms in total. The molecule has 0 unspecified atom stereocenters. The molecule has 1 N–H and O–H groups in total. The maximum atomic E-state index is 13.4. The zero-order valence-corrected chi connectivity index (χ0v) is 19.8. The predicted molar refractivity (Wildman–Crippen MR) is 139 cm³/mol. The van der Waals surface area contributed by atoms with Gasteiger partial charge in [-0.1, -0.05) is 66.4 Å². The molecule has 1 aromatic heterocycles. The van der Waals surface area contributed by atoms with Crippen molar-refractivity contribution < 1.29 is 13.9 Å². The summed E-state index contributed by atoms with van der Waals surface area (Å²) in [6, 6.07) is 32.7. The maximum Gasteiger partial charge on any atom is 0.256 e. The summed E-state index contributed by atoms with van der Waals surface area (Å²) in [5, 5.41) is 3.07. The number of anilines is 1. The molecule has 35 heavy (non-hydrogen) atoms. The van der Waals surface area contributed by atoms with Crippen molar-refractivity contribution in [2.75, 3.05) is 12.4 Å². The number of oxazole rings is 1. The minimum absolute atomic E-state index is 0.233. The standard InChI is InChI=1S/C29H22N2O3S/c1-33-21-11-9-10-20(18-21)26-19-30-29(34-26)24-15-6-5-14-23(24)28(32)31-25-16-7-8-17-27(25)35-22-12-3-2-4-13-22/h2-19H,1H3,(H,31,32). The Hall–Kier alpha value is -4.29. The van der Waals surface area contributed by atoms with Gasteiger partial charge in [0, 0.05) is 20.9 Å². The first kappa shape index (κ1) is 22.5. The Morgan fingerprint density at radius 1 is 0.886 bits per heavy atom. The number of ether oxygens (including phenoxy) is 1. The van der Waals surface area contributed by atoms with Gasteiger partial charge in [0.05, 0.1) is 24.6 Å². The van der Waals surface area contributed by atoms with Gasteiger partial charge in [-0.15, -0.1) is 0 Å². The Kier molecular flexibility index (Phi) is 6.63. The first-order valence-corrected chi connectivity index (χ1v) is 11.9.